The van der Waals surface area contributed by atoms with E-state index in [9.17, 15) is 0 Å². The number of methoxy groups -OCH3 is 1. The minimum atomic E-state index is 0.658. The molecule has 0 aromatic rings. The first-order chi connectivity index (χ1) is 6.26. The molecule has 0 unspecified atom stereocenters. The number of hydrogen-bond donors (Lipinski definition) is 0. The molecule has 0 heterocycles. The van der Waals surface area contributed by atoms with Crippen LogP contribution in [0.15, 0.2) is 16.6 Å². The molecule has 0 saturated heterocycles. The van der Waals surface area contributed by atoms with Crippen LogP contribution in [-0.2, 0) is 4.74 Å². The fraction of sp³-hybridized carbons (Fsp3) is 0.727. The van der Waals surface area contributed by atoms with E-state index < -0.39 is 0 Å². The second-order valence-corrected chi connectivity index (χ2v) is 2.71. The molecule has 0 aliphatic rings. The molecule has 0 N–H and O–H groups in total. The molecule has 0 fully saturated rings. The molecule has 2 nitrogen and oxygen atoms in total. The zero-order valence-electron chi connectivity index (χ0n) is 9.63. The lowest BCUT2D eigenvalue weighted by molar-refractivity contribution is 0.230. The average Bonchev–Trinajstić information content (AvgIpc) is 2.07. The highest BCUT2D eigenvalue weighted by Gasteiger charge is 1.88. The first kappa shape index (κ1) is 14.9. The summed E-state index contributed by atoms with van der Waals surface area (Å²) in [7, 11) is 3.45. The van der Waals surface area contributed by atoms with Gasteiger partial charge in [0.25, 0.3) is 0 Å². The van der Waals surface area contributed by atoms with Gasteiger partial charge in [-0.25, -0.2) is 0 Å². The van der Waals surface area contributed by atoms with Crippen LogP contribution in [0.4, 0.5) is 0 Å². The van der Waals surface area contributed by atoms with Gasteiger partial charge in [0.2, 0.25) is 0 Å². The molecule has 0 aromatic heterocycles. The lowest BCUT2D eigenvalue weighted by Crippen LogP contribution is -1.95. The number of allylic oxidation sites excluding steroid dienone is 1. The highest BCUT2D eigenvalue weighted by atomic mass is 16.5. The summed E-state index contributed by atoms with van der Waals surface area (Å²) in [5.41, 5.74) is 1.15. The van der Waals surface area contributed by atoms with Crippen molar-refractivity contribution in [2.75, 3.05) is 20.8 Å². The van der Waals surface area contributed by atoms with E-state index in [-0.39, 0.29) is 0 Å². The van der Waals surface area contributed by atoms with E-state index in [4.69, 9.17) is 4.74 Å². The van der Waals surface area contributed by atoms with E-state index in [0.717, 1.165) is 12.0 Å². The number of nitrogens with zero attached hydrogens (tertiary/aromatic N) is 1. The van der Waals surface area contributed by atoms with Crippen LogP contribution < -0.4 is 0 Å². The summed E-state index contributed by atoms with van der Waals surface area (Å²) >= 11 is 0. The molecular weight excluding hydrogens is 162 g/mol. The summed E-state index contributed by atoms with van der Waals surface area (Å²) in [4.78, 5) is 3.90. The highest BCUT2D eigenvalue weighted by molar-refractivity contribution is 5.78. The Morgan fingerprint density at radius 1 is 1.31 bits per heavy atom. The molecule has 0 radical (unpaired) electrons. The van der Waals surface area contributed by atoms with Gasteiger partial charge in [-0.3, -0.25) is 4.99 Å². The molecule has 0 atom stereocenters. The third-order valence-corrected chi connectivity index (χ3v) is 1.07. The van der Waals surface area contributed by atoms with Crippen molar-refractivity contribution in [1.29, 1.82) is 0 Å². The number of ether oxygens (including phenoxy) is 1. The van der Waals surface area contributed by atoms with E-state index in [0.29, 0.717) is 6.61 Å². The molecule has 0 spiro atoms. The largest absolute Gasteiger partial charge is 0.380 e. The Balaban J connectivity index is 0. The van der Waals surface area contributed by atoms with Gasteiger partial charge in [0.15, 0.2) is 0 Å². The van der Waals surface area contributed by atoms with Crippen LogP contribution in [-0.4, -0.2) is 27.0 Å². The topological polar surface area (TPSA) is 21.6 Å². The lowest BCUT2D eigenvalue weighted by Gasteiger charge is -1.97. The Bertz CT molecular complexity index is 139. The molecule has 2 heteroatoms. The summed E-state index contributed by atoms with van der Waals surface area (Å²) in [6, 6.07) is 0. The van der Waals surface area contributed by atoms with Crippen LogP contribution in [0, 0.1) is 0 Å². The SMILES string of the molecule is CC/C=C(\C=NC)COC.CCC. The van der Waals surface area contributed by atoms with Crippen molar-refractivity contribution < 1.29 is 4.74 Å². The first-order valence-electron chi connectivity index (χ1n) is 4.86. The quantitative estimate of drug-likeness (QED) is 0.617. The third kappa shape index (κ3) is 14.2. The maximum atomic E-state index is 4.95. The summed E-state index contributed by atoms with van der Waals surface area (Å²) < 4.78 is 4.95. The number of hydrogen-bond acceptors (Lipinski definition) is 2. The molecule has 0 aliphatic carbocycles. The third-order valence-electron chi connectivity index (χ3n) is 1.07. The second kappa shape index (κ2) is 13.9. The van der Waals surface area contributed by atoms with Gasteiger partial charge in [-0.05, 0) is 12.0 Å². The summed E-state index contributed by atoms with van der Waals surface area (Å²) in [5.74, 6) is 0. The maximum Gasteiger partial charge on any atom is 0.0724 e. The highest BCUT2D eigenvalue weighted by Crippen LogP contribution is 1.93. The van der Waals surface area contributed by atoms with Crippen LogP contribution >= 0.6 is 0 Å². The summed E-state index contributed by atoms with van der Waals surface area (Å²) in [6.07, 6.45) is 6.22. The van der Waals surface area contributed by atoms with Crippen molar-refractivity contribution >= 4 is 6.21 Å². The zero-order chi connectivity index (χ0) is 10.5. The fourth-order valence-electron chi connectivity index (χ4n) is 0.744. The van der Waals surface area contributed by atoms with Crippen molar-refractivity contribution in [3.05, 3.63) is 11.6 Å². The molecular formula is C11H23NO. The van der Waals surface area contributed by atoms with Crippen molar-refractivity contribution in [1.82, 2.24) is 0 Å². The van der Waals surface area contributed by atoms with Gasteiger partial charge in [0.05, 0.1) is 6.61 Å². The molecule has 13 heavy (non-hydrogen) atoms. The van der Waals surface area contributed by atoms with Crippen LogP contribution in [0.5, 0.6) is 0 Å². The molecule has 0 amide bonds. The molecule has 0 saturated carbocycles. The minimum absolute atomic E-state index is 0.658. The summed E-state index contributed by atoms with van der Waals surface area (Å²) in [5, 5.41) is 0. The fourth-order valence-corrected chi connectivity index (χ4v) is 0.744. The average molecular weight is 185 g/mol. The standard InChI is InChI=1S/C8H15NO.C3H8/c1-4-5-8(6-9-2)7-10-3;1-3-2/h5-6H,4,7H2,1-3H3;3H2,1-2H3/b8-5+,9-6?;. The zero-order valence-corrected chi connectivity index (χ0v) is 9.63. The van der Waals surface area contributed by atoms with E-state index >= 15 is 0 Å². The van der Waals surface area contributed by atoms with E-state index in [1.54, 1.807) is 14.2 Å². The van der Waals surface area contributed by atoms with E-state index in [2.05, 4.69) is 31.8 Å². The van der Waals surface area contributed by atoms with Gasteiger partial charge in [-0.15, -0.1) is 0 Å². The Labute approximate surface area is 82.7 Å². The monoisotopic (exact) mass is 185 g/mol. The molecule has 0 aromatic carbocycles. The molecule has 0 aliphatic heterocycles. The summed E-state index contributed by atoms with van der Waals surface area (Å²) in [6.45, 7) is 7.00. The van der Waals surface area contributed by atoms with Crippen molar-refractivity contribution in [3.63, 3.8) is 0 Å². The number of aliphatic imine (C=N–C) groups is 1. The number of rotatable bonds is 4. The predicted molar refractivity (Wildman–Crippen MR) is 60.6 cm³/mol. The maximum absolute atomic E-state index is 4.95. The Morgan fingerprint density at radius 2 is 1.85 bits per heavy atom. The van der Waals surface area contributed by atoms with Crippen molar-refractivity contribution in [2.24, 2.45) is 4.99 Å². The first-order valence-corrected chi connectivity index (χ1v) is 4.86. The molecule has 0 rings (SSSR count). The van der Waals surface area contributed by atoms with Crippen molar-refractivity contribution in [3.8, 4) is 0 Å². The van der Waals surface area contributed by atoms with E-state index in [1.807, 2.05) is 6.21 Å². The Morgan fingerprint density at radius 3 is 2.15 bits per heavy atom. The predicted octanol–water partition coefficient (Wildman–Crippen LogP) is 3.09. The van der Waals surface area contributed by atoms with Gasteiger partial charge in [0.1, 0.15) is 0 Å². The Hall–Kier alpha value is -0.630. The minimum Gasteiger partial charge on any atom is -0.380 e. The van der Waals surface area contributed by atoms with Gasteiger partial charge in [-0.2, -0.15) is 0 Å². The molecule has 78 valence electrons. The van der Waals surface area contributed by atoms with E-state index in [1.165, 1.54) is 6.42 Å². The molecule has 0 bridgehead atoms. The Kier molecular flexibility index (Phi) is 15.9. The second-order valence-electron chi connectivity index (χ2n) is 2.71. The van der Waals surface area contributed by atoms with Crippen LogP contribution in [0.2, 0.25) is 0 Å². The van der Waals surface area contributed by atoms with Gasteiger partial charge >= 0.3 is 0 Å². The van der Waals surface area contributed by atoms with Crippen LogP contribution in [0.25, 0.3) is 0 Å². The van der Waals surface area contributed by atoms with Crippen LogP contribution in [0.3, 0.4) is 0 Å². The lowest BCUT2D eigenvalue weighted by atomic mass is 10.2. The smallest absolute Gasteiger partial charge is 0.0724 e. The van der Waals surface area contributed by atoms with Gasteiger partial charge in [0, 0.05) is 20.4 Å². The van der Waals surface area contributed by atoms with Crippen LogP contribution in [0.1, 0.15) is 33.6 Å². The van der Waals surface area contributed by atoms with Gasteiger partial charge < -0.3 is 4.74 Å². The normalized spacial score (nSPS) is 11.3. The van der Waals surface area contributed by atoms with Gasteiger partial charge in [-0.1, -0.05) is 33.3 Å². The van der Waals surface area contributed by atoms with Crippen molar-refractivity contribution in [2.45, 2.75) is 33.6 Å².